The van der Waals surface area contributed by atoms with Gasteiger partial charge in [-0.05, 0) is 39.8 Å². The molecule has 0 saturated carbocycles. The maximum Gasteiger partial charge on any atom is 0.410 e. The monoisotopic (exact) mass is 409 g/mol. The molecule has 2 aromatic rings. The Balaban J connectivity index is 1.95. The molecule has 28 heavy (non-hydrogen) atoms. The third-order valence-corrected chi connectivity index (χ3v) is 5.11. The summed E-state index contributed by atoms with van der Waals surface area (Å²) in [5.41, 5.74) is 0.396. The molecule has 0 spiro atoms. The van der Waals surface area contributed by atoms with Crippen LogP contribution in [-0.2, 0) is 32.2 Å². The normalized spacial score (nSPS) is 12.0. The molecule has 1 amide bonds. The molecule has 0 aliphatic heterocycles. The molecule has 0 aliphatic rings. The first-order valence-electron chi connectivity index (χ1n) is 8.88. The predicted octanol–water partition coefficient (Wildman–Crippen LogP) is 2.96. The molecule has 9 heteroatoms. The van der Waals surface area contributed by atoms with Gasteiger partial charge in [0.2, 0.25) is 0 Å². The highest BCUT2D eigenvalue weighted by molar-refractivity contribution is 7.86. The van der Waals surface area contributed by atoms with Crippen LogP contribution in [0.1, 0.15) is 32.2 Å². The lowest BCUT2D eigenvalue weighted by atomic mass is 10.2. The zero-order valence-electron chi connectivity index (χ0n) is 16.9. The maximum atomic E-state index is 12.3. The molecule has 2 rings (SSSR count). The van der Waals surface area contributed by atoms with Crippen LogP contribution in [0.4, 0.5) is 4.79 Å². The number of ether oxygens (including phenoxy) is 1. The van der Waals surface area contributed by atoms with Crippen LogP contribution in [0.2, 0.25) is 0 Å². The molecule has 0 radical (unpaired) electrons. The van der Waals surface area contributed by atoms with E-state index in [-0.39, 0.29) is 11.5 Å². The predicted molar refractivity (Wildman–Crippen MR) is 104 cm³/mol. The van der Waals surface area contributed by atoms with Crippen LogP contribution in [0.5, 0.6) is 0 Å². The smallest absolute Gasteiger partial charge is 0.410 e. The minimum absolute atomic E-state index is 0.0980. The number of aryl methyl sites for hydroxylation is 1. The number of hydrogen-bond acceptors (Lipinski definition) is 6. The average molecular weight is 410 g/mol. The maximum absolute atomic E-state index is 12.3. The Labute approximate surface area is 166 Å². The first-order valence-corrected chi connectivity index (χ1v) is 10.3. The Morgan fingerprint density at radius 1 is 1.21 bits per heavy atom. The van der Waals surface area contributed by atoms with Gasteiger partial charge >= 0.3 is 6.09 Å². The van der Waals surface area contributed by atoms with Crippen molar-refractivity contribution in [3.63, 3.8) is 0 Å². The summed E-state index contributed by atoms with van der Waals surface area (Å²) in [6.45, 7) is 7.90. The molecule has 1 heterocycles. The summed E-state index contributed by atoms with van der Waals surface area (Å²) in [5, 5.41) is 0. The second-order valence-electron chi connectivity index (χ2n) is 7.47. The Bertz CT molecular complexity index is 898. The highest BCUT2D eigenvalue weighted by atomic mass is 32.2. The molecule has 0 saturated heterocycles. The van der Waals surface area contributed by atoms with Crippen molar-refractivity contribution in [3.05, 3.63) is 48.0 Å². The standard InChI is InChI=1S/C19H27N3O5S/c1-15-6-8-16(9-7-15)28(24,25)26-14-17-20-10-11-22(17)13-12-21(5)18(23)27-19(2,3)4/h6-11H,12-14H2,1-5H3. The lowest BCUT2D eigenvalue weighted by Gasteiger charge is -2.24. The van der Waals surface area contributed by atoms with Gasteiger partial charge in [-0.25, -0.2) is 9.78 Å². The molecule has 0 aliphatic carbocycles. The number of benzene rings is 1. The molecular formula is C19H27N3O5S. The number of amides is 1. The van der Waals surface area contributed by atoms with E-state index in [1.165, 1.54) is 17.0 Å². The summed E-state index contributed by atoms with van der Waals surface area (Å²) in [6, 6.07) is 6.44. The second-order valence-corrected chi connectivity index (χ2v) is 9.08. The first kappa shape index (κ1) is 21.9. The molecule has 8 nitrogen and oxygen atoms in total. The number of imidazole rings is 1. The van der Waals surface area contributed by atoms with Crippen molar-refractivity contribution >= 4 is 16.2 Å². The summed E-state index contributed by atoms with van der Waals surface area (Å²) in [4.78, 5) is 17.7. The second kappa shape index (κ2) is 8.74. The molecule has 1 aromatic heterocycles. The number of hydrogen-bond donors (Lipinski definition) is 0. The average Bonchev–Trinajstić information content (AvgIpc) is 3.04. The highest BCUT2D eigenvalue weighted by Gasteiger charge is 2.20. The third kappa shape index (κ3) is 6.35. The van der Waals surface area contributed by atoms with Gasteiger partial charge in [-0.15, -0.1) is 0 Å². The van der Waals surface area contributed by atoms with E-state index in [9.17, 15) is 13.2 Å². The SMILES string of the molecule is Cc1ccc(S(=O)(=O)OCc2nccn2CCN(C)C(=O)OC(C)(C)C)cc1. The van der Waals surface area contributed by atoms with Crippen molar-refractivity contribution in [2.24, 2.45) is 0 Å². The molecule has 0 unspecified atom stereocenters. The van der Waals surface area contributed by atoms with Crippen LogP contribution < -0.4 is 0 Å². The van der Waals surface area contributed by atoms with Gasteiger partial charge in [0.15, 0.2) is 0 Å². The van der Waals surface area contributed by atoms with Crippen molar-refractivity contribution < 1.29 is 22.1 Å². The number of aromatic nitrogens is 2. The minimum atomic E-state index is -3.87. The Morgan fingerprint density at radius 3 is 2.46 bits per heavy atom. The van der Waals surface area contributed by atoms with E-state index in [1.807, 2.05) is 6.92 Å². The molecule has 0 bridgehead atoms. The fourth-order valence-electron chi connectivity index (χ4n) is 2.28. The van der Waals surface area contributed by atoms with Crippen LogP contribution in [0.3, 0.4) is 0 Å². The van der Waals surface area contributed by atoms with E-state index in [2.05, 4.69) is 4.98 Å². The van der Waals surface area contributed by atoms with Gasteiger partial charge < -0.3 is 14.2 Å². The molecule has 154 valence electrons. The number of nitrogens with zero attached hydrogens (tertiary/aromatic N) is 3. The molecule has 0 N–H and O–H groups in total. The summed E-state index contributed by atoms with van der Waals surface area (Å²) in [5.74, 6) is 0.452. The number of rotatable bonds is 7. The lowest BCUT2D eigenvalue weighted by molar-refractivity contribution is 0.0293. The number of carbonyl (C=O) groups excluding carboxylic acids is 1. The van der Waals surface area contributed by atoms with E-state index in [0.29, 0.717) is 18.9 Å². The topological polar surface area (TPSA) is 90.7 Å². The van der Waals surface area contributed by atoms with Crippen LogP contribution >= 0.6 is 0 Å². The fourth-order valence-corrected chi connectivity index (χ4v) is 3.14. The third-order valence-electron chi connectivity index (χ3n) is 3.84. The van der Waals surface area contributed by atoms with Crippen molar-refractivity contribution in [2.45, 2.75) is 51.3 Å². The van der Waals surface area contributed by atoms with Crippen LogP contribution in [0, 0.1) is 6.92 Å². The largest absolute Gasteiger partial charge is 0.444 e. The fraction of sp³-hybridized carbons (Fsp3) is 0.474. The summed E-state index contributed by atoms with van der Waals surface area (Å²) in [6.07, 6.45) is 2.84. The Morgan fingerprint density at radius 2 is 1.86 bits per heavy atom. The van der Waals surface area contributed by atoms with Gasteiger partial charge in [-0.2, -0.15) is 8.42 Å². The number of likely N-dealkylation sites (N-methyl/N-ethyl adjacent to an activating group) is 1. The van der Waals surface area contributed by atoms with Crippen molar-refractivity contribution in [1.29, 1.82) is 0 Å². The van der Waals surface area contributed by atoms with Gasteiger partial charge in [-0.3, -0.25) is 4.18 Å². The van der Waals surface area contributed by atoms with Gasteiger partial charge in [0, 0.05) is 32.5 Å². The van der Waals surface area contributed by atoms with E-state index in [1.54, 1.807) is 56.9 Å². The van der Waals surface area contributed by atoms with Gasteiger partial charge in [0.1, 0.15) is 18.0 Å². The zero-order chi connectivity index (χ0) is 20.9. The summed E-state index contributed by atoms with van der Waals surface area (Å²) >= 11 is 0. The van der Waals surface area contributed by atoms with E-state index in [4.69, 9.17) is 8.92 Å². The first-order chi connectivity index (χ1) is 13.0. The van der Waals surface area contributed by atoms with Crippen molar-refractivity contribution in [1.82, 2.24) is 14.5 Å². The van der Waals surface area contributed by atoms with Crippen LogP contribution in [0.25, 0.3) is 0 Å². The van der Waals surface area contributed by atoms with Crippen molar-refractivity contribution in [3.8, 4) is 0 Å². The number of carbonyl (C=O) groups is 1. The Hall–Kier alpha value is -2.39. The van der Waals surface area contributed by atoms with Gasteiger partial charge in [-0.1, -0.05) is 17.7 Å². The quantitative estimate of drug-likeness (QED) is 0.653. The molecule has 1 aromatic carbocycles. The van der Waals surface area contributed by atoms with Gasteiger partial charge in [0.05, 0.1) is 4.90 Å². The van der Waals surface area contributed by atoms with E-state index in [0.717, 1.165) is 5.56 Å². The zero-order valence-corrected chi connectivity index (χ0v) is 17.7. The van der Waals surface area contributed by atoms with Crippen LogP contribution in [-0.4, -0.2) is 48.2 Å². The van der Waals surface area contributed by atoms with Crippen molar-refractivity contribution in [2.75, 3.05) is 13.6 Å². The van der Waals surface area contributed by atoms with E-state index < -0.39 is 21.8 Å². The highest BCUT2D eigenvalue weighted by Crippen LogP contribution is 2.15. The lowest BCUT2D eigenvalue weighted by Crippen LogP contribution is -2.36. The van der Waals surface area contributed by atoms with Crippen LogP contribution in [0.15, 0.2) is 41.6 Å². The molecule has 0 atom stereocenters. The Kier molecular flexibility index (Phi) is 6.84. The molecule has 0 fully saturated rings. The van der Waals surface area contributed by atoms with Gasteiger partial charge in [0.25, 0.3) is 10.1 Å². The van der Waals surface area contributed by atoms with E-state index >= 15 is 0 Å². The summed E-state index contributed by atoms with van der Waals surface area (Å²) < 4.78 is 36.8. The summed E-state index contributed by atoms with van der Waals surface area (Å²) in [7, 11) is -2.23. The minimum Gasteiger partial charge on any atom is -0.444 e. The molecular weight excluding hydrogens is 382 g/mol.